The van der Waals surface area contributed by atoms with Crippen molar-refractivity contribution >= 4 is 5.91 Å². The molecule has 0 aliphatic heterocycles. The second-order valence-corrected chi connectivity index (χ2v) is 6.19. The predicted molar refractivity (Wildman–Crippen MR) is 71.9 cm³/mol. The lowest BCUT2D eigenvalue weighted by Gasteiger charge is -2.26. The third-order valence-corrected chi connectivity index (χ3v) is 4.35. The Morgan fingerprint density at radius 2 is 1.94 bits per heavy atom. The molecule has 0 saturated heterocycles. The predicted octanol–water partition coefficient (Wildman–Crippen LogP) is 2.32. The van der Waals surface area contributed by atoms with Crippen molar-refractivity contribution < 1.29 is 4.79 Å². The normalized spacial score (nSPS) is 29.4. The third kappa shape index (κ3) is 4.30. The van der Waals surface area contributed by atoms with Crippen molar-refractivity contribution in [1.29, 1.82) is 0 Å². The quantitative estimate of drug-likeness (QED) is 0.774. The van der Waals surface area contributed by atoms with E-state index in [1.54, 1.807) is 0 Å². The average molecular weight is 240 g/mol. The molecule has 1 fully saturated rings. The first-order chi connectivity index (χ1) is 7.85. The fourth-order valence-electron chi connectivity index (χ4n) is 2.39. The average Bonchev–Trinajstić information content (AvgIpc) is 2.57. The minimum absolute atomic E-state index is 0.0899. The number of nitrogens with one attached hydrogen (secondary N) is 2. The standard InChI is InChI=1S/C14H28N2O/c1-6-14(4,5)16-13(17)9-15-12-8-7-10(2)11(12)3/h10-12,15H,6-9H2,1-5H3,(H,16,17). The summed E-state index contributed by atoms with van der Waals surface area (Å²) in [6.07, 6.45) is 3.43. The first-order valence-electron chi connectivity index (χ1n) is 6.90. The molecule has 3 heteroatoms. The molecule has 0 heterocycles. The van der Waals surface area contributed by atoms with E-state index in [4.69, 9.17) is 0 Å². The zero-order valence-corrected chi connectivity index (χ0v) is 12.0. The molecule has 2 N–H and O–H groups in total. The van der Waals surface area contributed by atoms with E-state index in [0.717, 1.165) is 12.3 Å². The summed E-state index contributed by atoms with van der Waals surface area (Å²) < 4.78 is 0. The summed E-state index contributed by atoms with van der Waals surface area (Å²) in [5.41, 5.74) is -0.0899. The Labute approximate surface area is 106 Å². The minimum Gasteiger partial charge on any atom is -0.350 e. The van der Waals surface area contributed by atoms with Crippen LogP contribution < -0.4 is 10.6 Å². The highest BCUT2D eigenvalue weighted by atomic mass is 16.2. The summed E-state index contributed by atoms with van der Waals surface area (Å²) in [6, 6.07) is 0.514. The molecular weight excluding hydrogens is 212 g/mol. The SMILES string of the molecule is CCC(C)(C)NC(=O)CNC1CCC(C)C1C. The summed E-state index contributed by atoms with van der Waals surface area (Å²) in [5, 5.41) is 6.45. The summed E-state index contributed by atoms with van der Waals surface area (Å²) in [7, 11) is 0. The van der Waals surface area contributed by atoms with E-state index in [9.17, 15) is 4.79 Å². The molecule has 1 saturated carbocycles. The lowest BCUT2D eigenvalue weighted by Crippen LogP contribution is -2.48. The van der Waals surface area contributed by atoms with Crippen LogP contribution in [0.2, 0.25) is 0 Å². The lowest BCUT2D eigenvalue weighted by atomic mass is 9.98. The molecule has 1 aliphatic rings. The van der Waals surface area contributed by atoms with E-state index in [0.29, 0.717) is 18.5 Å². The van der Waals surface area contributed by atoms with Gasteiger partial charge in [-0.05, 0) is 44.9 Å². The Morgan fingerprint density at radius 1 is 1.29 bits per heavy atom. The highest BCUT2D eigenvalue weighted by molar-refractivity contribution is 5.78. The van der Waals surface area contributed by atoms with Crippen molar-refractivity contribution in [1.82, 2.24) is 10.6 Å². The number of hydrogen-bond donors (Lipinski definition) is 2. The minimum atomic E-state index is -0.0899. The Hall–Kier alpha value is -0.570. The van der Waals surface area contributed by atoms with Gasteiger partial charge in [0.15, 0.2) is 0 Å². The number of carbonyl (C=O) groups is 1. The fourth-order valence-corrected chi connectivity index (χ4v) is 2.39. The summed E-state index contributed by atoms with van der Waals surface area (Å²) >= 11 is 0. The monoisotopic (exact) mass is 240 g/mol. The Balaban J connectivity index is 2.29. The van der Waals surface area contributed by atoms with Crippen LogP contribution in [0.1, 0.15) is 53.9 Å². The van der Waals surface area contributed by atoms with Gasteiger partial charge in [-0.15, -0.1) is 0 Å². The van der Waals surface area contributed by atoms with E-state index in [2.05, 4.69) is 45.3 Å². The van der Waals surface area contributed by atoms with Crippen LogP contribution in [0, 0.1) is 11.8 Å². The molecule has 3 nitrogen and oxygen atoms in total. The second kappa shape index (κ2) is 5.85. The topological polar surface area (TPSA) is 41.1 Å². The smallest absolute Gasteiger partial charge is 0.234 e. The highest BCUT2D eigenvalue weighted by Gasteiger charge is 2.29. The molecule has 3 atom stereocenters. The van der Waals surface area contributed by atoms with Gasteiger partial charge in [-0.25, -0.2) is 0 Å². The molecule has 1 rings (SSSR count). The number of hydrogen-bond acceptors (Lipinski definition) is 2. The van der Waals surface area contributed by atoms with Crippen molar-refractivity contribution in [2.75, 3.05) is 6.54 Å². The van der Waals surface area contributed by atoms with Gasteiger partial charge in [0.05, 0.1) is 6.54 Å². The Kier molecular flexibility index (Phi) is 4.99. The van der Waals surface area contributed by atoms with Crippen LogP contribution in [0.3, 0.4) is 0 Å². The van der Waals surface area contributed by atoms with Crippen molar-refractivity contribution in [3.63, 3.8) is 0 Å². The maximum atomic E-state index is 11.8. The zero-order valence-electron chi connectivity index (χ0n) is 12.0. The number of amides is 1. The summed E-state index contributed by atoms with van der Waals surface area (Å²) in [5.74, 6) is 1.58. The van der Waals surface area contributed by atoms with Crippen LogP contribution in [-0.2, 0) is 4.79 Å². The first-order valence-corrected chi connectivity index (χ1v) is 6.90. The van der Waals surface area contributed by atoms with Crippen molar-refractivity contribution in [2.45, 2.75) is 65.5 Å². The molecule has 0 aromatic carbocycles. The van der Waals surface area contributed by atoms with Gasteiger partial charge in [0.1, 0.15) is 0 Å². The number of rotatable bonds is 5. The van der Waals surface area contributed by atoms with Gasteiger partial charge in [-0.3, -0.25) is 4.79 Å². The first kappa shape index (κ1) is 14.5. The van der Waals surface area contributed by atoms with Crippen LogP contribution in [0.5, 0.6) is 0 Å². The summed E-state index contributed by atoms with van der Waals surface area (Å²) in [6.45, 7) is 11.2. The molecule has 3 unspecified atom stereocenters. The molecule has 1 aliphatic carbocycles. The van der Waals surface area contributed by atoms with Crippen molar-refractivity contribution in [2.24, 2.45) is 11.8 Å². The highest BCUT2D eigenvalue weighted by Crippen LogP contribution is 2.30. The molecule has 17 heavy (non-hydrogen) atoms. The molecule has 0 aromatic rings. The molecular formula is C14H28N2O. The van der Waals surface area contributed by atoms with Crippen molar-refractivity contribution in [3.8, 4) is 0 Å². The van der Waals surface area contributed by atoms with Gasteiger partial charge in [0.2, 0.25) is 5.91 Å². The Bertz CT molecular complexity index is 263. The van der Waals surface area contributed by atoms with Gasteiger partial charge in [-0.1, -0.05) is 20.8 Å². The molecule has 0 radical (unpaired) electrons. The fraction of sp³-hybridized carbons (Fsp3) is 0.929. The van der Waals surface area contributed by atoms with Crippen molar-refractivity contribution in [3.05, 3.63) is 0 Å². The largest absolute Gasteiger partial charge is 0.350 e. The molecule has 0 spiro atoms. The van der Waals surface area contributed by atoms with Gasteiger partial charge < -0.3 is 10.6 Å². The molecule has 1 amide bonds. The maximum absolute atomic E-state index is 11.8. The lowest BCUT2D eigenvalue weighted by molar-refractivity contribution is -0.122. The molecule has 100 valence electrons. The summed E-state index contributed by atoms with van der Waals surface area (Å²) in [4.78, 5) is 11.8. The van der Waals surface area contributed by atoms with Crippen LogP contribution in [0.15, 0.2) is 0 Å². The van der Waals surface area contributed by atoms with E-state index >= 15 is 0 Å². The van der Waals surface area contributed by atoms with Gasteiger partial charge >= 0.3 is 0 Å². The van der Waals surface area contributed by atoms with Crippen LogP contribution in [0.4, 0.5) is 0 Å². The van der Waals surface area contributed by atoms with E-state index in [1.807, 2.05) is 0 Å². The molecule has 0 aromatic heterocycles. The molecule has 0 bridgehead atoms. The zero-order chi connectivity index (χ0) is 13.1. The number of carbonyl (C=O) groups excluding carboxylic acids is 1. The Morgan fingerprint density at radius 3 is 2.41 bits per heavy atom. The van der Waals surface area contributed by atoms with E-state index in [1.165, 1.54) is 12.8 Å². The third-order valence-electron chi connectivity index (χ3n) is 4.35. The van der Waals surface area contributed by atoms with E-state index in [-0.39, 0.29) is 11.4 Å². The van der Waals surface area contributed by atoms with Gasteiger partial charge in [0, 0.05) is 11.6 Å². The second-order valence-electron chi connectivity index (χ2n) is 6.19. The van der Waals surface area contributed by atoms with E-state index < -0.39 is 0 Å². The van der Waals surface area contributed by atoms with Crippen LogP contribution >= 0.6 is 0 Å². The van der Waals surface area contributed by atoms with Gasteiger partial charge in [0.25, 0.3) is 0 Å². The van der Waals surface area contributed by atoms with Crippen LogP contribution in [0.25, 0.3) is 0 Å². The maximum Gasteiger partial charge on any atom is 0.234 e. The van der Waals surface area contributed by atoms with Crippen LogP contribution in [-0.4, -0.2) is 24.0 Å². The van der Waals surface area contributed by atoms with Gasteiger partial charge in [-0.2, -0.15) is 0 Å².